The Morgan fingerprint density at radius 1 is 0.833 bits per heavy atom. The summed E-state index contributed by atoms with van der Waals surface area (Å²) in [7, 11) is 0. The van der Waals surface area contributed by atoms with Gasteiger partial charge in [-0.2, -0.15) is 0 Å². The summed E-state index contributed by atoms with van der Waals surface area (Å²) < 4.78 is 2.55. The van der Waals surface area contributed by atoms with E-state index >= 15 is 0 Å². The Hall–Kier alpha value is -2.24. The highest BCUT2D eigenvalue weighted by molar-refractivity contribution is 7.26. The van der Waals surface area contributed by atoms with Gasteiger partial charge in [0.25, 0.3) is 0 Å². The molecule has 0 amide bonds. The summed E-state index contributed by atoms with van der Waals surface area (Å²) in [6, 6.07) is 25.1. The van der Waals surface area contributed by atoms with Gasteiger partial charge < -0.3 is 5.73 Å². The fourth-order valence-electron chi connectivity index (χ4n) is 2.95. The van der Waals surface area contributed by atoms with Crippen molar-refractivity contribution in [3.8, 4) is 0 Å². The topological polar surface area (TPSA) is 50.1 Å². The van der Waals surface area contributed by atoms with Crippen LogP contribution < -0.4 is 16.6 Å². The van der Waals surface area contributed by atoms with Crippen molar-refractivity contribution in [2.45, 2.75) is 12.7 Å². The molecular weight excluding hydrogens is 314 g/mol. The van der Waals surface area contributed by atoms with E-state index in [1.807, 2.05) is 18.2 Å². The van der Waals surface area contributed by atoms with Gasteiger partial charge in [0.2, 0.25) is 0 Å². The Morgan fingerprint density at radius 3 is 2.46 bits per heavy atom. The molecule has 4 heteroatoms. The Labute approximate surface area is 145 Å². The summed E-state index contributed by atoms with van der Waals surface area (Å²) >= 11 is 1.80. The smallest absolute Gasteiger partial charge is 0.0952 e. The molecule has 0 fully saturated rings. The Bertz CT molecular complexity index is 962. The zero-order valence-electron chi connectivity index (χ0n) is 13.2. The van der Waals surface area contributed by atoms with Crippen LogP contribution in [-0.4, -0.2) is 0 Å². The highest BCUT2D eigenvalue weighted by atomic mass is 32.1. The van der Waals surface area contributed by atoms with Gasteiger partial charge in [-0.15, -0.1) is 11.3 Å². The minimum absolute atomic E-state index is 0.259. The van der Waals surface area contributed by atoms with E-state index in [1.54, 1.807) is 11.3 Å². The van der Waals surface area contributed by atoms with Gasteiger partial charge in [0.05, 0.1) is 6.17 Å². The molecule has 1 unspecified atom stereocenters. The summed E-state index contributed by atoms with van der Waals surface area (Å²) in [6.07, 6.45) is -0.259. The van der Waals surface area contributed by atoms with Crippen LogP contribution in [0, 0.1) is 0 Å². The lowest BCUT2D eigenvalue weighted by molar-refractivity contribution is 0.448. The largest absolute Gasteiger partial charge is 0.311 e. The van der Waals surface area contributed by atoms with Gasteiger partial charge in [0, 0.05) is 32.3 Å². The maximum atomic E-state index is 6.38. The summed E-state index contributed by atoms with van der Waals surface area (Å²) in [5, 5.41) is 2.57. The number of fused-ring (bicyclic) bond motifs is 3. The molecule has 1 heterocycles. The average molecular weight is 333 g/mol. The van der Waals surface area contributed by atoms with Crippen LogP contribution >= 0.6 is 11.3 Å². The van der Waals surface area contributed by atoms with Crippen molar-refractivity contribution < 1.29 is 0 Å². The van der Waals surface area contributed by atoms with E-state index in [2.05, 4.69) is 65.4 Å². The molecule has 0 aliphatic rings. The standard InChI is InChI=1S/C20H19N3S/c21-20(23-22-13-14-7-2-1-3-8-14)17-11-6-10-16-15-9-4-5-12-18(15)24-19(16)17/h1-12,20,22-23H,13,21H2. The van der Waals surface area contributed by atoms with Crippen LogP contribution in [0.25, 0.3) is 20.2 Å². The number of nitrogens with two attached hydrogens (primary N) is 1. The Kier molecular flexibility index (Phi) is 4.28. The van der Waals surface area contributed by atoms with Crippen molar-refractivity contribution in [1.82, 2.24) is 10.9 Å². The molecule has 120 valence electrons. The lowest BCUT2D eigenvalue weighted by Gasteiger charge is -2.16. The van der Waals surface area contributed by atoms with Gasteiger partial charge in [-0.1, -0.05) is 66.7 Å². The van der Waals surface area contributed by atoms with Gasteiger partial charge in [0.15, 0.2) is 0 Å². The first kappa shape index (κ1) is 15.3. The highest BCUT2D eigenvalue weighted by Gasteiger charge is 2.13. The molecule has 3 aromatic carbocycles. The van der Waals surface area contributed by atoms with E-state index in [4.69, 9.17) is 5.73 Å². The van der Waals surface area contributed by atoms with Gasteiger partial charge in [0.1, 0.15) is 0 Å². The maximum Gasteiger partial charge on any atom is 0.0952 e. The van der Waals surface area contributed by atoms with Gasteiger partial charge in [-0.3, -0.25) is 5.43 Å². The molecule has 4 rings (SSSR count). The van der Waals surface area contributed by atoms with Crippen molar-refractivity contribution in [3.05, 3.63) is 83.9 Å². The minimum atomic E-state index is -0.259. The molecule has 3 nitrogen and oxygen atoms in total. The second kappa shape index (κ2) is 6.71. The lowest BCUT2D eigenvalue weighted by atomic mass is 10.1. The third-order valence-electron chi connectivity index (χ3n) is 4.16. The molecule has 0 bridgehead atoms. The van der Waals surface area contributed by atoms with Crippen LogP contribution in [0.2, 0.25) is 0 Å². The zero-order valence-corrected chi connectivity index (χ0v) is 14.0. The fraction of sp³-hybridized carbons (Fsp3) is 0.100. The quantitative estimate of drug-likeness (QED) is 0.377. The van der Waals surface area contributed by atoms with Gasteiger partial charge >= 0.3 is 0 Å². The Morgan fingerprint density at radius 2 is 1.58 bits per heavy atom. The molecule has 1 aromatic heterocycles. The van der Waals surface area contributed by atoms with Crippen molar-refractivity contribution >= 4 is 31.5 Å². The number of hydrogen-bond acceptors (Lipinski definition) is 4. The van der Waals surface area contributed by atoms with E-state index in [9.17, 15) is 0 Å². The van der Waals surface area contributed by atoms with Crippen LogP contribution in [0.5, 0.6) is 0 Å². The molecule has 0 saturated heterocycles. The van der Waals surface area contributed by atoms with Crippen molar-refractivity contribution in [2.75, 3.05) is 0 Å². The predicted molar refractivity (Wildman–Crippen MR) is 103 cm³/mol. The van der Waals surface area contributed by atoms with Crippen molar-refractivity contribution in [1.29, 1.82) is 0 Å². The Balaban J connectivity index is 1.57. The van der Waals surface area contributed by atoms with Crippen LogP contribution in [0.3, 0.4) is 0 Å². The van der Waals surface area contributed by atoms with E-state index in [-0.39, 0.29) is 6.17 Å². The summed E-state index contributed by atoms with van der Waals surface area (Å²) in [4.78, 5) is 0. The SMILES string of the molecule is NC(NNCc1ccccc1)c1cccc2c1sc1ccccc12. The van der Waals surface area contributed by atoms with E-state index in [0.29, 0.717) is 0 Å². The van der Waals surface area contributed by atoms with Crippen LogP contribution in [-0.2, 0) is 6.54 Å². The van der Waals surface area contributed by atoms with E-state index < -0.39 is 0 Å². The maximum absolute atomic E-state index is 6.38. The number of benzene rings is 3. The zero-order chi connectivity index (χ0) is 16.4. The predicted octanol–water partition coefficient (Wildman–Crippen LogP) is 4.31. The molecule has 1 atom stereocenters. The fourth-order valence-corrected chi connectivity index (χ4v) is 4.21. The average Bonchev–Trinajstić information content (AvgIpc) is 3.01. The second-order valence-corrected chi connectivity index (χ2v) is 6.84. The van der Waals surface area contributed by atoms with E-state index in [1.165, 1.54) is 25.7 Å². The number of hydrazine groups is 1. The molecule has 4 aromatic rings. The molecule has 0 saturated carbocycles. The van der Waals surface area contributed by atoms with Crippen molar-refractivity contribution in [2.24, 2.45) is 5.73 Å². The first-order chi connectivity index (χ1) is 11.8. The van der Waals surface area contributed by atoms with Crippen LogP contribution in [0.15, 0.2) is 72.8 Å². The molecule has 0 aliphatic heterocycles. The number of hydrogen-bond donors (Lipinski definition) is 3. The number of thiophene rings is 1. The first-order valence-corrected chi connectivity index (χ1v) is 8.82. The summed E-state index contributed by atoms with van der Waals surface area (Å²) in [5.41, 5.74) is 15.2. The van der Waals surface area contributed by atoms with Crippen LogP contribution in [0.1, 0.15) is 17.3 Å². The van der Waals surface area contributed by atoms with E-state index in [0.717, 1.165) is 12.1 Å². The molecule has 0 aliphatic carbocycles. The number of nitrogens with one attached hydrogen (secondary N) is 2. The second-order valence-electron chi connectivity index (χ2n) is 5.78. The first-order valence-electron chi connectivity index (χ1n) is 8.01. The summed E-state index contributed by atoms with van der Waals surface area (Å²) in [5.74, 6) is 0. The third-order valence-corrected chi connectivity index (χ3v) is 5.40. The third kappa shape index (κ3) is 2.92. The normalized spacial score (nSPS) is 12.7. The van der Waals surface area contributed by atoms with Crippen LogP contribution in [0.4, 0.5) is 0 Å². The molecule has 24 heavy (non-hydrogen) atoms. The molecule has 4 N–H and O–H groups in total. The van der Waals surface area contributed by atoms with Gasteiger partial charge in [-0.05, 0) is 11.6 Å². The summed E-state index contributed by atoms with van der Waals surface area (Å²) in [6.45, 7) is 0.733. The number of rotatable bonds is 5. The molecule has 0 radical (unpaired) electrons. The van der Waals surface area contributed by atoms with Crippen molar-refractivity contribution in [3.63, 3.8) is 0 Å². The molecule has 0 spiro atoms. The molecular formula is C20H19N3S. The lowest BCUT2D eigenvalue weighted by Crippen LogP contribution is -2.39. The van der Waals surface area contributed by atoms with Gasteiger partial charge in [-0.25, -0.2) is 5.43 Å². The highest BCUT2D eigenvalue weighted by Crippen LogP contribution is 2.36. The minimum Gasteiger partial charge on any atom is -0.311 e. The monoisotopic (exact) mass is 333 g/mol.